The van der Waals surface area contributed by atoms with Gasteiger partial charge in [-0.25, -0.2) is 9.97 Å². The van der Waals surface area contributed by atoms with E-state index in [1.165, 1.54) is 50.5 Å². The number of rotatable bonds is 11. The molecule has 1 aromatic carbocycles. The third-order valence-electron chi connectivity index (χ3n) is 6.19. The summed E-state index contributed by atoms with van der Waals surface area (Å²) in [5.41, 5.74) is 2.84. The van der Waals surface area contributed by atoms with Crippen LogP contribution in [0.2, 0.25) is 0 Å². The summed E-state index contributed by atoms with van der Waals surface area (Å²) in [6.45, 7) is 3.19. The quantitative estimate of drug-likeness (QED) is 0.385. The summed E-state index contributed by atoms with van der Waals surface area (Å²) in [5, 5.41) is 8.92. The molecule has 4 nitrogen and oxygen atoms in total. The summed E-state index contributed by atoms with van der Waals surface area (Å²) in [4.78, 5) is 9.14. The Hall–Kier alpha value is -2.25. The highest BCUT2D eigenvalue weighted by Crippen LogP contribution is 2.34. The van der Waals surface area contributed by atoms with Crippen molar-refractivity contribution in [3.8, 4) is 17.5 Å². The van der Waals surface area contributed by atoms with E-state index in [-0.39, 0.29) is 0 Å². The Morgan fingerprint density at radius 3 is 2.17 bits per heavy atom. The first-order valence-corrected chi connectivity index (χ1v) is 11.7. The largest absolute Gasteiger partial charge is 0.378 e. The number of aromatic nitrogens is 2. The molecular weight excluding hydrogens is 370 g/mol. The molecule has 1 aromatic heterocycles. The first-order chi connectivity index (χ1) is 14.8. The first kappa shape index (κ1) is 22.4. The highest BCUT2D eigenvalue weighted by molar-refractivity contribution is 5.56. The minimum atomic E-state index is 0.431. The molecule has 30 heavy (non-hydrogen) atoms. The first-order valence-electron chi connectivity index (χ1n) is 11.7. The highest BCUT2D eigenvalue weighted by Gasteiger charge is 2.23. The molecule has 3 rings (SSSR count). The van der Waals surface area contributed by atoms with Gasteiger partial charge in [-0.05, 0) is 67.9 Å². The molecule has 1 heterocycles. The Labute approximate surface area is 181 Å². The van der Waals surface area contributed by atoms with Crippen LogP contribution in [0, 0.1) is 11.3 Å². The van der Waals surface area contributed by atoms with Gasteiger partial charge in [0.1, 0.15) is 0 Å². The van der Waals surface area contributed by atoms with E-state index >= 15 is 0 Å². The van der Waals surface area contributed by atoms with Crippen molar-refractivity contribution < 1.29 is 4.74 Å². The maximum absolute atomic E-state index is 8.92. The number of hydrogen-bond donors (Lipinski definition) is 0. The van der Waals surface area contributed by atoms with E-state index in [2.05, 4.69) is 23.0 Å². The van der Waals surface area contributed by atoms with Gasteiger partial charge in [-0.1, -0.05) is 45.4 Å². The Kier molecular flexibility index (Phi) is 9.31. The summed E-state index contributed by atoms with van der Waals surface area (Å²) < 4.78 is 6.14. The molecule has 0 saturated heterocycles. The average Bonchev–Trinajstić information content (AvgIpc) is 2.81. The third-order valence-corrected chi connectivity index (χ3v) is 6.19. The molecule has 2 aromatic rings. The van der Waals surface area contributed by atoms with Crippen molar-refractivity contribution in [1.29, 1.82) is 5.26 Å². The van der Waals surface area contributed by atoms with Crippen molar-refractivity contribution in [2.24, 2.45) is 0 Å². The lowest BCUT2D eigenvalue weighted by atomic mass is 9.84. The Bertz CT molecular complexity index is 771. The van der Waals surface area contributed by atoms with Gasteiger partial charge in [0.05, 0.1) is 17.7 Å². The topological polar surface area (TPSA) is 58.8 Å². The van der Waals surface area contributed by atoms with Crippen LogP contribution in [-0.4, -0.2) is 22.7 Å². The molecule has 1 aliphatic carbocycles. The van der Waals surface area contributed by atoms with E-state index in [9.17, 15) is 0 Å². The van der Waals surface area contributed by atoms with Crippen molar-refractivity contribution in [2.45, 2.75) is 89.6 Å². The monoisotopic (exact) mass is 405 g/mol. The lowest BCUT2D eigenvalue weighted by Crippen LogP contribution is -2.21. The standard InChI is InChI=1S/C26H35N3O/c1-2-3-4-5-6-7-8-17-30-25-15-13-22(14-16-25)24-19-28-26(29-20-24)23-11-9-21(18-27)10-12-23/h9-12,19-20,22,25H,2-8,13-17H2,1H3. The van der Waals surface area contributed by atoms with Gasteiger partial charge in [-0.3, -0.25) is 0 Å². The smallest absolute Gasteiger partial charge is 0.159 e. The van der Waals surface area contributed by atoms with Crippen LogP contribution in [-0.2, 0) is 4.74 Å². The molecular formula is C26H35N3O. The number of hydrogen-bond acceptors (Lipinski definition) is 4. The molecule has 0 N–H and O–H groups in total. The second-order valence-electron chi connectivity index (χ2n) is 8.49. The van der Waals surface area contributed by atoms with Crippen LogP contribution in [0.3, 0.4) is 0 Å². The Morgan fingerprint density at radius 2 is 1.53 bits per heavy atom. The summed E-state index contributed by atoms with van der Waals surface area (Å²) >= 11 is 0. The van der Waals surface area contributed by atoms with Gasteiger partial charge < -0.3 is 4.74 Å². The molecule has 0 aliphatic heterocycles. The fourth-order valence-corrected chi connectivity index (χ4v) is 4.26. The van der Waals surface area contributed by atoms with Crippen molar-refractivity contribution >= 4 is 0 Å². The fourth-order valence-electron chi connectivity index (χ4n) is 4.26. The second-order valence-corrected chi connectivity index (χ2v) is 8.49. The van der Waals surface area contributed by atoms with E-state index in [0.29, 0.717) is 17.6 Å². The van der Waals surface area contributed by atoms with Gasteiger partial charge in [-0.15, -0.1) is 0 Å². The van der Waals surface area contributed by atoms with Gasteiger partial charge in [0.15, 0.2) is 5.82 Å². The number of ether oxygens (including phenoxy) is 1. The van der Waals surface area contributed by atoms with Gasteiger partial charge >= 0.3 is 0 Å². The van der Waals surface area contributed by atoms with Crippen LogP contribution in [0.15, 0.2) is 36.7 Å². The molecule has 0 radical (unpaired) electrons. The average molecular weight is 406 g/mol. The zero-order valence-corrected chi connectivity index (χ0v) is 18.4. The molecule has 160 valence electrons. The van der Waals surface area contributed by atoms with Crippen LogP contribution in [0.1, 0.15) is 94.6 Å². The Balaban J connectivity index is 1.36. The van der Waals surface area contributed by atoms with E-state index in [0.717, 1.165) is 43.7 Å². The highest BCUT2D eigenvalue weighted by atomic mass is 16.5. The lowest BCUT2D eigenvalue weighted by Gasteiger charge is -2.28. The normalized spacial score (nSPS) is 18.8. The summed E-state index contributed by atoms with van der Waals surface area (Å²) in [7, 11) is 0. The minimum absolute atomic E-state index is 0.431. The van der Waals surface area contributed by atoms with Crippen LogP contribution < -0.4 is 0 Å². The summed E-state index contributed by atoms with van der Waals surface area (Å²) in [5.74, 6) is 1.26. The van der Waals surface area contributed by atoms with Gasteiger partial charge in [-0.2, -0.15) is 5.26 Å². The number of nitrogens with zero attached hydrogens (tertiary/aromatic N) is 3. The molecule has 4 heteroatoms. The summed E-state index contributed by atoms with van der Waals surface area (Å²) in [6.07, 6.45) is 18.3. The molecule has 0 atom stereocenters. The SMILES string of the molecule is CCCCCCCCCOC1CCC(c2cnc(-c3ccc(C#N)cc3)nc2)CC1. The predicted octanol–water partition coefficient (Wildman–Crippen LogP) is 6.81. The van der Waals surface area contributed by atoms with E-state index in [1.807, 2.05) is 24.5 Å². The van der Waals surface area contributed by atoms with Crippen molar-refractivity contribution in [1.82, 2.24) is 9.97 Å². The third kappa shape index (κ3) is 6.92. The predicted molar refractivity (Wildman–Crippen MR) is 121 cm³/mol. The maximum atomic E-state index is 8.92. The van der Waals surface area contributed by atoms with Crippen molar-refractivity contribution in [3.05, 3.63) is 47.8 Å². The molecule has 0 spiro atoms. The minimum Gasteiger partial charge on any atom is -0.378 e. The summed E-state index contributed by atoms with van der Waals surface area (Å²) in [6, 6.07) is 9.56. The van der Waals surface area contributed by atoms with E-state index in [4.69, 9.17) is 10.00 Å². The molecule has 0 amide bonds. The molecule has 0 bridgehead atoms. The number of nitriles is 1. The maximum Gasteiger partial charge on any atom is 0.159 e. The zero-order chi connectivity index (χ0) is 21.0. The number of unbranched alkanes of at least 4 members (excludes halogenated alkanes) is 6. The van der Waals surface area contributed by atoms with E-state index < -0.39 is 0 Å². The second kappa shape index (κ2) is 12.4. The molecule has 1 fully saturated rings. The van der Waals surface area contributed by atoms with Crippen molar-refractivity contribution in [3.63, 3.8) is 0 Å². The zero-order valence-electron chi connectivity index (χ0n) is 18.4. The van der Waals surface area contributed by atoms with Crippen LogP contribution in [0.5, 0.6) is 0 Å². The van der Waals surface area contributed by atoms with Gasteiger partial charge in [0.25, 0.3) is 0 Å². The molecule has 0 unspecified atom stereocenters. The van der Waals surface area contributed by atoms with Crippen LogP contribution >= 0.6 is 0 Å². The molecule has 1 saturated carbocycles. The van der Waals surface area contributed by atoms with Gasteiger partial charge in [0, 0.05) is 24.6 Å². The fraction of sp³-hybridized carbons (Fsp3) is 0.577. The molecule has 1 aliphatic rings. The lowest BCUT2D eigenvalue weighted by molar-refractivity contribution is 0.0225. The van der Waals surface area contributed by atoms with Crippen LogP contribution in [0.25, 0.3) is 11.4 Å². The van der Waals surface area contributed by atoms with Crippen molar-refractivity contribution in [2.75, 3.05) is 6.61 Å². The van der Waals surface area contributed by atoms with E-state index in [1.54, 1.807) is 12.1 Å². The van der Waals surface area contributed by atoms with Gasteiger partial charge in [0.2, 0.25) is 0 Å². The number of benzene rings is 1. The Morgan fingerprint density at radius 1 is 0.900 bits per heavy atom. The van der Waals surface area contributed by atoms with Crippen LogP contribution in [0.4, 0.5) is 0 Å².